The van der Waals surface area contributed by atoms with Crippen LogP contribution in [0.25, 0.3) is 0 Å². The molecule has 0 heterocycles. The third kappa shape index (κ3) is 3.70. The Balaban J connectivity index is 2.62. The average molecular weight is 248 g/mol. The number of aliphatic carboxylic acids is 1. The molecule has 0 aliphatic carbocycles. The molecule has 0 bridgehead atoms. The Morgan fingerprint density at radius 1 is 1.53 bits per heavy atom. The van der Waals surface area contributed by atoms with Crippen LogP contribution in [0.1, 0.15) is 12.5 Å². The van der Waals surface area contributed by atoms with Crippen LogP contribution < -0.4 is 5.32 Å². The van der Waals surface area contributed by atoms with Gasteiger partial charge in [0.25, 0.3) is 0 Å². The molecule has 1 rings (SSSR count). The van der Waals surface area contributed by atoms with Crippen molar-refractivity contribution in [2.45, 2.75) is 19.5 Å². The number of halogens is 2. The quantitative estimate of drug-likeness (QED) is 0.860. The summed E-state index contributed by atoms with van der Waals surface area (Å²) < 4.78 is 0. The van der Waals surface area contributed by atoms with Crippen molar-refractivity contribution in [3.63, 3.8) is 0 Å². The Morgan fingerprint density at radius 2 is 2.20 bits per heavy atom. The van der Waals surface area contributed by atoms with E-state index >= 15 is 0 Å². The lowest BCUT2D eigenvalue weighted by atomic mass is 10.2. The Kier molecular flexibility index (Phi) is 4.39. The average Bonchev–Trinajstić information content (AvgIpc) is 2.15. The Morgan fingerprint density at radius 3 is 2.73 bits per heavy atom. The fourth-order valence-electron chi connectivity index (χ4n) is 1.02. The van der Waals surface area contributed by atoms with Crippen molar-refractivity contribution in [1.29, 1.82) is 0 Å². The normalized spacial score (nSPS) is 12.5. The van der Waals surface area contributed by atoms with E-state index in [2.05, 4.69) is 5.32 Å². The molecule has 0 fully saturated rings. The molecule has 0 aromatic heterocycles. The second-order valence-electron chi connectivity index (χ2n) is 3.18. The smallest absolute Gasteiger partial charge is 0.320 e. The van der Waals surface area contributed by atoms with E-state index in [0.717, 1.165) is 5.56 Å². The number of carboxylic acid groups (broad SMARTS) is 1. The summed E-state index contributed by atoms with van der Waals surface area (Å²) in [5.41, 5.74) is 0.828. The van der Waals surface area contributed by atoms with Crippen molar-refractivity contribution >= 4 is 29.2 Å². The summed E-state index contributed by atoms with van der Waals surface area (Å²) in [5.74, 6) is -0.889. The first-order valence-electron chi connectivity index (χ1n) is 4.41. The summed E-state index contributed by atoms with van der Waals surface area (Å²) in [7, 11) is 0. The van der Waals surface area contributed by atoms with Gasteiger partial charge in [0.15, 0.2) is 0 Å². The van der Waals surface area contributed by atoms with E-state index in [1.54, 1.807) is 25.1 Å². The highest BCUT2D eigenvalue weighted by Gasteiger charge is 2.10. The molecule has 1 atom stereocenters. The topological polar surface area (TPSA) is 49.3 Å². The summed E-state index contributed by atoms with van der Waals surface area (Å²) in [6.45, 7) is 1.98. The minimum absolute atomic E-state index is 0.406. The molecule has 0 saturated carbocycles. The summed E-state index contributed by atoms with van der Waals surface area (Å²) in [6.07, 6.45) is 0. The van der Waals surface area contributed by atoms with Crippen LogP contribution in [0.5, 0.6) is 0 Å². The number of rotatable bonds is 4. The lowest BCUT2D eigenvalue weighted by molar-refractivity contribution is -0.139. The van der Waals surface area contributed by atoms with E-state index in [4.69, 9.17) is 28.3 Å². The van der Waals surface area contributed by atoms with Crippen LogP contribution in [-0.4, -0.2) is 17.1 Å². The highest BCUT2D eigenvalue weighted by Crippen LogP contribution is 2.20. The third-order valence-electron chi connectivity index (χ3n) is 1.98. The summed E-state index contributed by atoms with van der Waals surface area (Å²) in [6, 6.07) is 4.52. The van der Waals surface area contributed by atoms with Crippen molar-refractivity contribution in [2.75, 3.05) is 0 Å². The van der Waals surface area contributed by atoms with Gasteiger partial charge >= 0.3 is 5.97 Å². The Labute approximate surface area is 98.0 Å². The lowest BCUT2D eigenvalue weighted by Crippen LogP contribution is -2.33. The zero-order valence-electron chi connectivity index (χ0n) is 8.13. The Bertz CT molecular complexity index is 368. The van der Waals surface area contributed by atoms with Crippen LogP contribution in [0.4, 0.5) is 0 Å². The van der Waals surface area contributed by atoms with E-state index in [0.29, 0.717) is 16.6 Å². The van der Waals surface area contributed by atoms with Gasteiger partial charge in [-0.05, 0) is 24.6 Å². The minimum atomic E-state index is -0.889. The molecule has 5 heteroatoms. The van der Waals surface area contributed by atoms with Crippen LogP contribution in [0.2, 0.25) is 10.0 Å². The highest BCUT2D eigenvalue weighted by molar-refractivity contribution is 6.35. The molecule has 0 amide bonds. The summed E-state index contributed by atoms with van der Waals surface area (Å²) >= 11 is 11.7. The number of benzene rings is 1. The third-order valence-corrected chi connectivity index (χ3v) is 2.57. The number of carbonyl (C=O) groups is 1. The maximum absolute atomic E-state index is 10.5. The molecule has 1 aromatic rings. The number of nitrogens with one attached hydrogen (secondary N) is 1. The molecule has 0 spiro atoms. The van der Waals surface area contributed by atoms with Gasteiger partial charge in [0.1, 0.15) is 6.04 Å². The van der Waals surface area contributed by atoms with E-state index in [-0.39, 0.29) is 0 Å². The van der Waals surface area contributed by atoms with E-state index in [9.17, 15) is 4.79 Å². The molecule has 0 aliphatic heterocycles. The van der Waals surface area contributed by atoms with Crippen LogP contribution >= 0.6 is 23.2 Å². The molecule has 0 saturated heterocycles. The van der Waals surface area contributed by atoms with E-state index in [1.165, 1.54) is 0 Å². The zero-order valence-corrected chi connectivity index (χ0v) is 9.64. The van der Waals surface area contributed by atoms with Gasteiger partial charge in [-0.25, -0.2) is 0 Å². The molecule has 82 valence electrons. The Hall–Kier alpha value is -0.770. The van der Waals surface area contributed by atoms with E-state index in [1.807, 2.05) is 0 Å². The highest BCUT2D eigenvalue weighted by atomic mass is 35.5. The van der Waals surface area contributed by atoms with Crippen LogP contribution in [0.15, 0.2) is 18.2 Å². The first-order chi connectivity index (χ1) is 7.00. The predicted octanol–water partition coefficient (Wildman–Crippen LogP) is 2.56. The summed E-state index contributed by atoms with van der Waals surface area (Å²) in [5, 5.41) is 12.6. The number of hydrogen-bond donors (Lipinski definition) is 2. The fraction of sp³-hybridized carbons (Fsp3) is 0.300. The van der Waals surface area contributed by atoms with Crippen molar-refractivity contribution in [3.05, 3.63) is 33.8 Å². The van der Waals surface area contributed by atoms with Crippen LogP contribution in [0.3, 0.4) is 0 Å². The maximum atomic E-state index is 10.5. The van der Waals surface area contributed by atoms with Gasteiger partial charge in [-0.2, -0.15) is 0 Å². The first-order valence-corrected chi connectivity index (χ1v) is 5.16. The van der Waals surface area contributed by atoms with Gasteiger partial charge < -0.3 is 10.4 Å². The van der Waals surface area contributed by atoms with Gasteiger partial charge in [-0.1, -0.05) is 29.3 Å². The predicted molar refractivity (Wildman–Crippen MR) is 60.4 cm³/mol. The number of hydrogen-bond acceptors (Lipinski definition) is 2. The monoisotopic (exact) mass is 247 g/mol. The lowest BCUT2D eigenvalue weighted by Gasteiger charge is -2.10. The van der Waals surface area contributed by atoms with Crippen molar-refractivity contribution in [3.8, 4) is 0 Å². The molecule has 0 aliphatic rings. The molecule has 15 heavy (non-hydrogen) atoms. The van der Waals surface area contributed by atoms with Crippen LogP contribution in [0, 0.1) is 0 Å². The standard InChI is InChI=1S/C10H11Cl2NO2/c1-6(10(14)15)13-5-7-2-3-8(11)4-9(7)12/h2-4,6,13H,5H2,1H3,(H,14,15)/t6-/m0/s1. The maximum Gasteiger partial charge on any atom is 0.320 e. The van der Waals surface area contributed by atoms with Crippen molar-refractivity contribution in [2.24, 2.45) is 0 Å². The molecule has 2 N–H and O–H groups in total. The largest absolute Gasteiger partial charge is 0.480 e. The van der Waals surface area contributed by atoms with Gasteiger partial charge in [-0.3, -0.25) is 4.79 Å². The molecule has 0 unspecified atom stereocenters. The molecule has 1 aromatic carbocycles. The molecular weight excluding hydrogens is 237 g/mol. The van der Waals surface area contributed by atoms with E-state index < -0.39 is 12.0 Å². The first kappa shape index (κ1) is 12.3. The van der Waals surface area contributed by atoms with Gasteiger partial charge in [0.2, 0.25) is 0 Å². The van der Waals surface area contributed by atoms with Gasteiger partial charge in [0, 0.05) is 16.6 Å². The molecule has 0 radical (unpaired) electrons. The summed E-state index contributed by atoms with van der Waals surface area (Å²) in [4.78, 5) is 10.5. The van der Waals surface area contributed by atoms with Gasteiger partial charge in [0.05, 0.1) is 0 Å². The number of carboxylic acids is 1. The molecule has 3 nitrogen and oxygen atoms in total. The van der Waals surface area contributed by atoms with Crippen LogP contribution in [-0.2, 0) is 11.3 Å². The van der Waals surface area contributed by atoms with Crippen molar-refractivity contribution in [1.82, 2.24) is 5.32 Å². The second kappa shape index (κ2) is 5.35. The minimum Gasteiger partial charge on any atom is -0.480 e. The van der Waals surface area contributed by atoms with Gasteiger partial charge in [-0.15, -0.1) is 0 Å². The van der Waals surface area contributed by atoms with Crippen molar-refractivity contribution < 1.29 is 9.90 Å². The zero-order chi connectivity index (χ0) is 11.4. The molecular formula is C10H11Cl2NO2. The second-order valence-corrected chi connectivity index (χ2v) is 4.02. The fourth-order valence-corrected chi connectivity index (χ4v) is 1.49. The SMILES string of the molecule is C[C@H](NCc1ccc(Cl)cc1Cl)C(=O)O.